The van der Waals surface area contributed by atoms with Crippen molar-refractivity contribution in [3.63, 3.8) is 0 Å². The van der Waals surface area contributed by atoms with Gasteiger partial charge in [-0.2, -0.15) is 0 Å². The van der Waals surface area contributed by atoms with Crippen molar-refractivity contribution in [2.75, 3.05) is 32.3 Å². The summed E-state index contributed by atoms with van der Waals surface area (Å²) >= 11 is 0. The molecule has 0 spiro atoms. The van der Waals surface area contributed by atoms with Gasteiger partial charge >= 0.3 is 0 Å². The zero-order valence-electron chi connectivity index (χ0n) is 16.9. The molecule has 0 aliphatic rings. The highest BCUT2D eigenvalue weighted by molar-refractivity contribution is 7.92. The van der Waals surface area contributed by atoms with Gasteiger partial charge in [-0.05, 0) is 35.7 Å². The summed E-state index contributed by atoms with van der Waals surface area (Å²) in [6, 6.07) is 10.5. The molecule has 0 fully saturated rings. The number of sulfonamides is 1. The molecule has 2 aromatic rings. The van der Waals surface area contributed by atoms with Gasteiger partial charge in [0.25, 0.3) is 0 Å². The Morgan fingerprint density at radius 2 is 1.62 bits per heavy atom. The molecule has 158 valence electrons. The van der Waals surface area contributed by atoms with Crippen molar-refractivity contribution in [3.8, 4) is 17.2 Å². The molecule has 0 saturated carbocycles. The molecule has 0 aliphatic carbocycles. The molecule has 9 heteroatoms. The Bertz CT molecular complexity index is 934. The third-order valence-electron chi connectivity index (χ3n) is 4.15. The molecule has 2 rings (SSSR count). The lowest BCUT2D eigenvalue weighted by Gasteiger charge is -2.14. The van der Waals surface area contributed by atoms with E-state index in [1.54, 1.807) is 36.4 Å². The summed E-state index contributed by atoms with van der Waals surface area (Å²) < 4.78 is 41.3. The average Bonchev–Trinajstić information content (AvgIpc) is 2.69. The van der Waals surface area contributed by atoms with Crippen LogP contribution >= 0.6 is 0 Å². The highest BCUT2D eigenvalue weighted by Gasteiger charge is 2.14. The Hall–Kier alpha value is -2.94. The van der Waals surface area contributed by atoms with E-state index in [0.29, 0.717) is 34.9 Å². The molecule has 0 atom stereocenters. The second-order valence-corrected chi connectivity index (χ2v) is 8.09. The van der Waals surface area contributed by atoms with Gasteiger partial charge in [-0.15, -0.1) is 0 Å². The van der Waals surface area contributed by atoms with E-state index in [1.165, 1.54) is 21.3 Å². The van der Waals surface area contributed by atoms with Crippen LogP contribution in [-0.2, 0) is 27.8 Å². The quantitative estimate of drug-likeness (QED) is 0.609. The lowest BCUT2D eigenvalue weighted by atomic mass is 10.1. The molecular formula is C20H26N2O6S. The van der Waals surface area contributed by atoms with Gasteiger partial charge < -0.3 is 19.5 Å². The number of aryl methyl sites for hydroxylation is 1. The topological polar surface area (TPSA) is 103 Å². The van der Waals surface area contributed by atoms with Crippen molar-refractivity contribution >= 4 is 21.6 Å². The summed E-state index contributed by atoms with van der Waals surface area (Å²) in [7, 11) is 1.21. The molecule has 0 saturated heterocycles. The van der Waals surface area contributed by atoms with E-state index < -0.39 is 10.0 Å². The van der Waals surface area contributed by atoms with E-state index in [-0.39, 0.29) is 18.9 Å². The van der Waals surface area contributed by atoms with Gasteiger partial charge in [0.2, 0.25) is 21.7 Å². The number of carbonyl (C=O) groups excluding carboxylic acids is 1. The number of nitrogens with one attached hydrogen (secondary N) is 2. The van der Waals surface area contributed by atoms with Crippen molar-refractivity contribution in [1.82, 2.24) is 5.32 Å². The maximum atomic E-state index is 12.3. The number of rotatable bonds is 10. The first-order chi connectivity index (χ1) is 13.8. The van der Waals surface area contributed by atoms with Crippen LogP contribution in [-0.4, -0.2) is 41.9 Å². The first kappa shape index (κ1) is 22.4. The normalized spacial score (nSPS) is 10.9. The average molecular weight is 423 g/mol. The monoisotopic (exact) mass is 422 g/mol. The smallest absolute Gasteiger partial charge is 0.229 e. The fourth-order valence-electron chi connectivity index (χ4n) is 2.79. The number of para-hydroxylation sites is 1. The molecule has 8 nitrogen and oxygen atoms in total. The molecule has 1 amide bonds. The van der Waals surface area contributed by atoms with Crippen molar-refractivity contribution in [2.45, 2.75) is 19.4 Å². The van der Waals surface area contributed by atoms with Gasteiger partial charge in [-0.1, -0.05) is 18.2 Å². The van der Waals surface area contributed by atoms with Gasteiger partial charge in [-0.25, -0.2) is 8.42 Å². The van der Waals surface area contributed by atoms with Crippen LogP contribution in [0.3, 0.4) is 0 Å². The van der Waals surface area contributed by atoms with Gasteiger partial charge in [0.05, 0.1) is 33.3 Å². The minimum absolute atomic E-state index is 0.159. The van der Waals surface area contributed by atoms with Crippen LogP contribution in [0.15, 0.2) is 36.4 Å². The molecular weight excluding hydrogens is 396 g/mol. The van der Waals surface area contributed by atoms with Crippen LogP contribution in [0, 0.1) is 0 Å². The lowest BCUT2D eigenvalue weighted by molar-refractivity contribution is -0.121. The number of hydrogen-bond donors (Lipinski definition) is 2. The third kappa shape index (κ3) is 6.56. The fraction of sp³-hybridized carbons (Fsp3) is 0.350. The summed E-state index contributed by atoms with van der Waals surface area (Å²) in [5, 5.41) is 2.81. The Labute approximate surface area is 171 Å². The molecule has 0 heterocycles. The zero-order valence-corrected chi connectivity index (χ0v) is 17.8. The number of ether oxygens (including phenoxy) is 3. The van der Waals surface area contributed by atoms with Crippen LogP contribution in [0.2, 0.25) is 0 Å². The van der Waals surface area contributed by atoms with E-state index >= 15 is 0 Å². The van der Waals surface area contributed by atoms with Crippen LogP contribution < -0.4 is 24.2 Å². The third-order valence-corrected chi connectivity index (χ3v) is 4.74. The van der Waals surface area contributed by atoms with Gasteiger partial charge in [0.15, 0.2) is 11.5 Å². The van der Waals surface area contributed by atoms with Crippen molar-refractivity contribution < 1.29 is 27.4 Å². The largest absolute Gasteiger partial charge is 0.493 e. The summed E-state index contributed by atoms with van der Waals surface area (Å²) in [5.41, 5.74) is 1.99. The van der Waals surface area contributed by atoms with Crippen LogP contribution in [0.25, 0.3) is 0 Å². The van der Waals surface area contributed by atoms with Gasteiger partial charge in [-0.3, -0.25) is 9.52 Å². The first-order valence-corrected chi connectivity index (χ1v) is 10.8. The Morgan fingerprint density at radius 3 is 2.17 bits per heavy atom. The summed E-state index contributed by atoms with van der Waals surface area (Å²) in [6.45, 7) is 0.215. The highest BCUT2D eigenvalue weighted by Crippen LogP contribution is 2.38. The molecule has 2 aromatic carbocycles. The molecule has 2 N–H and O–H groups in total. The van der Waals surface area contributed by atoms with Crippen LogP contribution in [0.5, 0.6) is 17.2 Å². The molecule has 0 radical (unpaired) electrons. The number of carbonyl (C=O) groups is 1. The number of amides is 1. The van der Waals surface area contributed by atoms with Crippen molar-refractivity contribution in [2.24, 2.45) is 0 Å². The molecule has 29 heavy (non-hydrogen) atoms. The van der Waals surface area contributed by atoms with Crippen LogP contribution in [0.4, 0.5) is 5.69 Å². The summed E-state index contributed by atoms with van der Waals surface area (Å²) in [5.74, 6) is 1.40. The highest BCUT2D eigenvalue weighted by atomic mass is 32.2. The van der Waals surface area contributed by atoms with Crippen LogP contribution in [0.1, 0.15) is 17.5 Å². The maximum absolute atomic E-state index is 12.3. The predicted octanol–water partition coefficient (Wildman–Crippen LogP) is 2.33. The first-order valence-electron chi connectivity index (χ1n) is 8.88. The second-order valence-electron chi connectivity index (χ2n) is 6.34. The van der Waals surface area contributed by atoms with Gasteiger partial charge in [0, 0.05) is 13.0 Å². The number of benzene rings is 2. The van der Waals surface area contributed by atoms with E-state index in [1.807, 2.05) is 0 Å². The van der Waals surface area contributed by atoms with Crippen molar-refractivity contribution in [1.29, 1.82) is 0 Å². The Kier molecular flexibility index (Phi) is 7.72. The standard InChI is InChI=1S/C20H26N2O6S/c1-26-17-11-14(12-18(27-2)20(17)28-3)9-10-19(23)21-13-15-7-5-6-8-16(15)22-29(4,24)25/h5-8,11-12,22H,9-10,13H2,1-4H3,(H,21,23). The summed E-state index contributed by atoms with van der Waals surface area (Å²) in [6.07, 6.45) is 1.81. The number of methoxy groups -OCH3 is 3. The molecule has 0 unspecified atom stereocenters. The fourth-order valence-corrected chi connectivity index (χ4v) is 3.39. The zero-order chi connectivity index (χ0) is 21.4. The Morgan fingerprint density at radius 1 is 1.00 bits per heavy atom. The Balaban J connectivity index is 2.00. The SMILES string of the molecule is COc1cc(CCC(=O)NCc2ccccc2NS(C)(=O)=O)cc(OC)c1OC. The molecule has 0 bridgehead atoms. The van der Waals surface area contributed by atoms with E-state index in [0.717, 1.165) is 11.8 Å². The maximum Gasteiger partial charge on any atom is 0.229 e. The second kappa shape index (κ2) is 10.0. The molecule has 0 aliphatic heterocycles. The number of anilines is 1. The molecule has 0 aromatic heterocycles. The van der Waals surface area contributed by atoms with E-state index in [9.17, 15) is 13.2 Å². The summed E-state index contributed by atoms with van der Waals surface area (Å²) in [4.78, 5) is 12.3. The van der Waals surface area contributed by atoms with Crippen molar-refractivity contribution in [3.05, 3.63) is 47.5 Å². The minimum atomic E-state index is -3.40. The van der Waals surface area contributed by atoms with Gasteiger partial charge in [0.1, 0.15) is 0 Å². The predicted molar refractivity (Wildman–Crippen MR) is 111 cm³/mol. The lowest BCUT2D eigenvalue weighted by Crippen LogP contribution is -2.24. The van der Waals surface area contributed by atoms with E-state index in [4.69, 9.17) is 14.2 Å². The number of hydrogen-bond acceptors (Lipinski definition) is 6. The van der Waals surface area contributed by atoms with E-state index in [2.05, 4.69) is 10.0 Å². The minimum Gasteiger partial charge on any atom is -0.493 e.